The van der Waals surface area contributed by atoms with Crippen molar-refractivity contribution in [2.45, 2.75) is 38.6 Å². The van der Waals surface area contributed by atoms with Crippen LogP contribution in [0.15, 0.2) is 0 Å². The van der Waals surface area contributed by atoms with Crippen LogP contribution in [0.2, 0.25) is 0 Å². The summed E-state index contributed by atoms with van der Waals surface area (Å²) >= 11 is 5.71. The Bertz CT molecular complexity index is 274. The molecule has 0 aromatic heterocycles. The first-order valence-electron chi connectivity index (χ1n) is 4.96. The Balaban J connectivity index is 4.35. The fourth-order valence-corrected chi connectivity index (χ4v) is 1.27. The number of aliphatic carboxylic acids is 2. The molecule has 3 N–H and O–H groups in total. The molecule has 0 saturated carbocycles. The first kappa shape index (κ1) is 15.2. The molecule has 94 valence electrons. The maximum Gasteiger partial charge on any atom is 0.340 e. The van der Waals surface area contributed by atoms with Gasteiger partial charge in [-0.2, -0.15) is 0 Å². The molecule has 0 aliphatic heterocycles. The second-order valence-corrected chi connectivity index (χ2v) is 5.56. The Morgan fingerprint density at radius 2 is 1.75 bits per heavy atom. The van der Waals surface area contributed by atoms with Crippen LogP contribution < -0.4 is 5.32 Å². The van der Waals surface area contributed by atoms with E-state index in [1.165, 1.54) is 0 Å². The van der Waals surface area contributed by atoms with Crippen molar-refractivity contribution in [2.24, 2.45) is 5.41 Å². The Kier molecular flexibility index (Phi) is 5.22. The van der Waals surface area contributed by atoms with Gasteiger partial charge in [0.15, 0.2) is 0 Å². The number of halogens is 1. The van der Waals surface area contributed by atoms with E-state index in [0.717, 1.165) is 0 Å². The third-order valence-electron chi connectivity index (χ3n) is 2.01. The van der Waals surface area contributed by atoms with E-state index in [1.54, 1.807) is 0 Å². The lowest BCUT2D eigenvalue weighted by molar-refractivity contribution is -0.147. The van der Waals surface area contributed by atoms with Crippen LogP contribution in [-0.2, 0) is 9.59 Å². The van der Waals surface area contributed by atoms with E-state index in [9.17, 15) is 9.59 Å². The fourth-order valence-electron chi connectivity index (χ4n) is 1.06. The molecule has 0 heterocycles. The van der Waals surface area contributed by atoms with Gasteiger partial charge >= 0.3 is 11.9 Å². The third-order valence-corrected chi connectivity index (χ3v) is 2.44. The van der Waals surface area contributed by atoms with E-state index in [-0.39, 0.29) is 5.41 Å². The summed E-state index contributed by atoms with van der Waals surface area (Å²) in [6.45, 7) is 6.36. The predicted octanol–water partition coefficient (Wildman–Crippen LogP) is 1.51. The molecule has 0 rings (SSSR count). The molecular formula is C10H18ClNO4. The van der Waals surface area contributed by atoms with Gasteiger partial charge in [-0.05, 0) is 18.4 Å². The molecule has 0 aliphatic carbocycles. The van der Waals surface area contributed by atoms with E-state index in [2.05, 4.69) is 5.32 Å². The molecule has 0 aliphatic rings. The van der Waals surface area contributed by atoms with Crippen LogP contribution in [0, 0.1) is 5.41 Å². The van der Waals surface area contributed by atoms with Gasteiger partial charge in [0, 0.05) is 0 Å². The van der Waals surface area contributed by atoms with Crippen molar-refractivity contribution in [3.63, 3.8) is 0 Å². The standard InChI is InChI=1S/C10H18ClNO4/c1-9(2,3)4-5-12-10(11,8(15)16)6-7(13)14/h12H,4-6H2,1-3H3,(H,13,14)(H,15,16)/t10-/m0/s1. The highest BCUT2D eigenvalue weighted by atomic mass is 35.5. The SMILES string of the molecule is CC(C)(C)CCN[C@@](Cl)(CC(=O)O)C(=O)O. The monoisotopic (exact) mass is 251 g/mol. The van der Waals surface area contributed by atoms with Crippen LogP contribution in [0.4, 0.5) is 0 Å². The maximum atomic E-state index is 10.9. The largest absolute Gasteiger partial charge is 0.481 e. The lowest BCUT2D eigenvalue weighted by Gasteiger charge is -2.25. The lowest BCUT2D eigenvalue weighted by atomic mass is 9.92. The molecule has 0 radical (unpaired) electrons. The van der Waals surface area contributed by atoms with E-state index < -0.39 is 23.4 Å². The molecule has 0 saturated heterocycles. The highest BCUT2D eigenvalue weighted by Crippen LogP contribution is 2.21. The summed E-state index contributed by atoms with van der Waals surface area (Å²) < 4.78 is 0. The molecule has 0 aromatic carbocycles. The minimum atomic E-state index is -1.92. The zero-order chi connectivity index (χ0) is 13.0. The summed E-state index contributed by atoms with van der Waals surface area (Å²) in [6, 6.07) is 0. The van der Waals surface area contributed by atoms with Gasteiger partial charge in [-0.25, -0.2) is 4.79 Å². The summed E-state index contributed by atoms with van der Waals surface area (Å²) in [6.07, 6.45) is 0.0440. The van der Waals surface area contributed by atoms with Gasteiger partial charge in [-0.15, -0.1) is 0 Å². The summed E-state index contributed by atoms with van der Waals surface area (Å²) in [5.41, 5.74) is 0.0343. The van der Waals surface area contributed by atoms with Crippen molar-refractivity contribution in [1.29, 1.82) is 0 Å². The van der Waals surface area contributed by atoms with Crippen molar-refractivity contribution < 1.29 is 19.8 Å². The van der Waals surface area contributed by atoms with Gasteiger partial charge in [0.1, 0.15) is 0 Å². The minimum Gasteiger partial charge on any atom is -0.481 e. The van der Waals surface area contributed by atoms with Crippen LogP contribution in [0.3, 0.4) is 0 Å². The first-order valence-corrected chi connectivity index (χ1v) is 5.34. The van der Waals surface area contributed by atoms with Crippen molar-refractivity contribution in [2.75, 3.05) is 6.54 Å². The zero-order valence-electron chi connectivity index (χ0n) is 9.71. The Hall–Kier alpha value is -0.810. The van der Waals surface area contributed by atoms with Gasteiger partial charge in [-0.3, -0.25) is 10.1 Å². The molecule has 0 unspecified atom stereocenters. The van der Waals surface area contributed by atoms with Gasteiger partial charge < -0.3 is 10.2 Å². The number of alkyl halides is 1. The minimum absolute atomic E-state index is 0.0343. The molecule has 6 heteroatoms. The zero-order valence-corrected chi connectivity index (χ0v) is 10.5. The first-order chi connectivity index (χ1) is 7.07. The number of hydrogen-bond acceptors (Lipinski definition) is 3. The molecule has 0 spiro atoms. The van der Waals surface area contributed by atoms with Crippen LogP contribution in [0.1, 0.15) is 33.6 Å². The van der Waals surface area contributed by atoms with E-state index >= 15 is 0 Å². The van der Waals surface area contributed by atoms with Gasteiger partial charge in [0.2, 0.25) is 5.00 Å². The summed E-state index contributed by atoms with van der Waals surface area (Å²) in [5.74, 6) is -2.62. The van der Waals surface area contributed by atoms with Crippen LogP contribution in [0.25, 0.3) is 0 Å². The highest BCUT2D eigenvalue weighted by Gasteiger charge is 2.38. The molecule has 16 heavy (non-hydrogen) atoms. The maximum absolute atomic E-state index is 10.9. The number of carboxylic acid groups (broad SMARTS) is 2. The second kappa shape index (κ2) is 5.50. The van der Waals surface area contributed by atoms with E-state index in [4.69, 9.17) is 21.8 Å². The number of carbonyl (C=O) groups is 2. The van der Waals surface area contributed by atoms with Gasteiger partial charge in [0.25, 0.3) is 0 Å². The van der Waals surface area contributed by atoms with Crippen LogP contribution in [-0.4, -0.2) is 33.7 Å². The number of nitrogens with one attached hydrogen (secondary N) is 1. The van der Waals surface area contributed by atoms with Gasteiger partial charge in [0.05, 0.1) is 6.42 Å². The highest BCUT2D eigenvalue weighted by molar-refractivity contribution is 6.34. The molecule has 1 atom stereocenters. The Labute approximate surface area is 99.8 Å². The normalized spacial score (nSPS) is 15.5. The van der Waals surface area contributed by atoms with Crippen molar-refractivity contribution in [1.82, 2.24) is 5.32 Å². The smallest absolute Gasteiger partial charge is 0.340 e. The average Bonchev–Trinajstić information content (AvgIpc) is 1.99. The molecule has 0 fully saturated rings. The third kappa shape index (κ3) is 5.92. The molecule has 5 nitrogen and oxygen atoms in total. The number of rotatable bonds is 6. The van der Waals surface area contributed by atoms with Crippen molar-refractivity contribution in [3.05, 3.63) is 0 Å². The molecule has 0 amide bonds. The molecule has 0 aromatic rings. The van der Waals surface area contributed by atoms with Gasteiger partial charge in [-0.1, -0.05) is 32.4 Å². The fraction of sp³-hybridized carbons (Fsp3) is 0.800. The quantitative estimate of drug-likeness (QED) is 0.492. The molecule has 0 bridgehead atoms. The number of hydrogen-bond donors (Lipinski definition) is 3. The van der Waals surface area contributed by atoms with E-state index in [1.807, 2.05) is 20.8 Å². The van der Waals surface area contributed by atoms with Crippen molar-refractivity contribution in [3.8, 4) is 0 Å². The Morgan fingerprint density at radius 1 is 1.25 bits per heavy atom. The summed E-state index contributed by atoms with van der Waals surface area (Å²) in [7, 11) is 0. The lowest BCUT2D eigenvalue weighted by Crippen LogP contribution is -2.49. The average molecular weight is 252 g/mol. The van der Waals surface area contributed by atoms with E-state index in [0.29, 0.717) is 13.0 Å². The van der Waals surface area contributed by atoms with Crippen LogP contribution in [0.5, 0.6) is 0 Å². The predicted molar refractivity (Wildman–Crippen MR) is 60.5 cm³/mol. The second-order valence-electron chi connectivity index (χ2n) is 4.91. The Morgan fingerprint density at radius 3 is 2.06 bits per heavy atom. The number of carboxylic acids is 2. The van der Waals surface area contributed by atoms with Crippen molar-refractivity contribution >= 4 is 23.5 Å². The summed E-state index contributed by atoms with van der Waals surface area (Å²) in [5, 5.41) is 20.0. The molecular weight excluding hydrogens is 234 g/mol. The van der Waals surface area contributed by atoms with Crippen LogP contribution >= 0.6 is 11.6 Å². The topological polar surface area (TPSA) is 86.6 Å². The summed E-state index contributed by atoms with van der Waals surface area (Å²) in [4.78, 5) is 19.4.